The normalized spacial score (nSPS) is 13.7. The highest BCUT2D eigenvalue weighted by atomic mass is 32.2. The van der Waals surface area contributed by atoms with Crippen molar-refractivity contribution in [3.05, 3.63) is 0 Å². The van der Waals surface area contributed by atoms with E-state index >= 15 is 0 Å². The third-order valence-corrected chi connectivity index (χ3v) is 4.42. The van der Waals surface area contributed by atoms with Gasteiger partial charge in [-0.05, 0) is 32.4 Å². The summed E-state index contributed by atoms with van der Waals surface area (Å²) in [6, 6.07) is 0. The van der Waals surface area contributed by atoms with Crippen LogP contribution in [0.2, 0.25) is 0 Å². The second-order valence-corrected chi connectivity index (χ2v) is 6.86. The zero-order chi connectivity index (χ0) is 15.9. The molecular formula is C11H20F5NO2S. The third-order valence-electron chi connectivity index (χ3n) is 2.60. The largest absolute Gasteiger partial charge is 0.453 e. The van der Waals surface area contributed by atoms with Gasteiger partial charge in [0.15, 0.2) is 0 Å². The lowest BCUT2D eigenvalue weighted by atomic mass is 10.2. The van der Waals surface area contributed by atoms with E-state index in [2.05, 4.69) is 5.32 Å². The molecule has 0 fully saturated rings. The molecule has 0 spiro atoms. The molecule has 3 nitrogen and oxygen atoms in total. The van der Waals surface area contributed by atoms with Crippen LogP contribution in [0.25, 0.3) is 0 Å². The number of nitrogens with one attached hydrogen (secondary N) is 1. The molecule has 0 aromatic carbocycles. The second kappa shape index (κ2) is 8.11. The van der Waals surface area contributed by atoms with Crippen LogP contribution in [-0.4, -0.2) is 45.1 Å². The topological polar surface area (TPSA) is 46.2 Å². The maximum absolute atomic E-state index is 12.6. The lowest BCUT2D eigenvalue weighted by molar-refractivity contribution is -0.284. The molecule has 0 aliphatic carbocycles. The fourth-order valence-electron chi connectivity index (χ4n) is 1.48. The zero-order valence-electron chi connectivity index (χ0n) is 11.3. The summed E-state index contributed by atoms with van der Waals surface area (Å²) in [6.45, 7) is 3.17. The summed E-state index contributed by atoms with van der Waals surface area (Å²) < 4.78 is 83.6. The first-order chi connectivity index (χ1) is 9.02. The van der Waals surface area contributed by atoms with Crippen molar-refractivity contribution >= 4 is 9.84 Å². The maximum atomic E-state index is 12.6. The van der Waals surface area contributed by atoms with Gasteiger partial charge in [-0.1, -0.05) is 6.92 Å². The van der Waals surface area contributed by atoms with Crippen LogP contribution in [0, 0.1) is 0 Å². The summed E-state index contributed by atoms with van der Waals surface area (Å²) in [4.78, 5) is 0. The van der Waals surface area contributed by atoms with Crippen LogP contribution in [0.3, 0.4) is 0 Å². The van der Waals surface area contributed by atoms with E-state index in [1.165, 1.54) is 0 Å². The van der Waals surface area contributed by atoms with Crippen LogP contribution < -0.4 is 5.32 Å². The van der Waals surface area contributed by atoms with Gasteiger partial charge in [-0.25, -0.2) is 8.42 Å². The summed E-state index contributed by atoms with van der Waals surface area (Å²) in [5, 5.41) is 2.97. The Hall–Kier alpha value is -0.440. The molecule has 20 heavy (non-hydrogen) atoms. The number of sulfone groups is 1. The SMILES string of the molecule is CCCNCCCS(=O)(=O)CCCC(F)(F)C(F)(F)F. The van der Waals surface area contributed by atoms with Crippen molar-refractivity contribution in [2.45, 2.75) is 44.7 Å². The molecular weight excluding hydrogens is 305 g/mol. The van der Waals surface area contributed by atoms with Crippen LogP contribution in [0.15, 0.2) is 0 Å². The first-order valence-corrected chi connectivity index (χ1v) is 8.19. The van der Waals surface area contributed by atoms with Crippen molar-refractivity contribution in [1.82, 2.24) is 5.32 Å². The number of halogens is 5. The molecule has 0 aromatic rings. The Balaban J connectivity index is 4.00. The summed E-state index contributed by atoms with van der Waals surface area (Å²) in [7, 11) is -3.58. The first-order valence-electron chi connectivity index (χ1n) is 6.37. The minimum atomic E-state index is -5.62. The minimum absolute atomic E-state index is 0.207. The quantitative estimate of drug-likeness (QED) is 0.496. The van der Waals surface area contributed by atoms with E-state index in [1.807, 2.05) is 6.92 Å². The fourth-order valence-corrected chi connectivity index (χ4v) is 2.85. The van der Waals surface area contributed by atoms with Crippen molar-refractivity contribution in [1.29, 1.82) is 0 Å². The van der Waals surface area contributed by atoms with Gasteiger partial charge in [0.05, 0.1) is 11.5 Å². The predicted octanol–water partition coefficient (Wildman–Crippen LogP) is 2.77. The Morgan fingerprint density at radius 1 is 0.950 bits per heavy atom. The van der Waals surface area contributed by atoms with E-state index in [0.29, 0.717) is 13.0 Å². The molecule has 0 amide bonds. The first kappa shape index (κ1) is 19.6. The molecule has 9 heteroatoms. The van der Waals surface area contributed by atoms with Gasteiger partial charge in [0.2, 0.25) is 0 Å². The van der Waals surface area contributed by atoms with E-state index in [4.69, 9.17) is 0 Å². The Morgan fingerprint density at radius 2 is 1.50 bits per heavy atom. The van der Waals surface area contributed by atoms with Gasteiger partial charge in [-0.15, -0.1) is 0 Å². The Kier molecular flexibility index (Phi) is 7.93. The number of rotatable bonds is 10. The van der Waals surface area contributed by atoms with Gasteiger partial charge in [-0.3, -0.25) is 0 Å². The summed E-state index contributed by atoms with van der Waals surface area (Å²) in [5.74, 6) is -5.68. The Morgan fingerprint density at radius 3 is 2.00 bits per heavy atom. The van der Waals surface area contributed by atoms with Crippen molar-refractivity contribution in [2.24, 2.45) is 0 Å². The highest BCUT2D eigenvalue weighted by Gasteiger charge is 2.56. The molecule has 0 saturated carbocycles. The molecule has 0 aromatic heterocycles. The van der Waals surface area contributed by atoms with E-state index < -0.39 is 40.5 Å². The van der Waals surface area contributed by atoms with Crippen LogP contribution in [0.5, 0.6) is 0 Å². The molecule has 0 bridgehead atoms. The molecule has 0 radical (unpaired) electrons. The fraction of sp³-hybridized carbons (Fsp3) is 1.00. The van der Waals surface area contributed by atoms with Gasteiger partial charge in [0, 0.05) is 6.42 Å². The average Bonchev–Trinajstić information content (AvgIpc) is 2.26. The van der Waals surface area contributed by atoms with Gasteiger partial charge in [0.1, 0.15) is 9.84 Å². The van der Waals surface area contributed by atoms with Crippen LogP contribution in [0.1, 0.15) is 32.6 Å². The van der Waals surface area contributed by atoms with E-state index in [9.17, 15) is 30.4 Å². The molecule has 0 aliphatic heterocycles. The zero-order valence-corrected chi connectivity index (χ0v) is 12.1. The standard InChI is InChI=1S/C11H20F5NO2S/c1-2-6-17-7-4-9-20(18,19)8-3-5-10(12,13)11(14,15)16/h17H,2-9H2,1H3. The summed E-state index contributed by atoms with van der Waals surface area (Å²) in [5.41, 5.74) is 0. The van der Waals surface area contributed by atoms with Gasteiger partial charge in [0.25, 0.3) is 0 Å². The summed E-state index contributed by atoms with van der Waals surface area (Å²) >= 11 is 0. The van der Waals surface area contributed by atoms with Gasteiger partial charge >= 0.3 is 12.1 Å². The molecule has 0 atom stereocenters. The molecule has 0 heterocycles. The molecule has 0 aliphatic rings. The van der Waals surface area contributed by atoms with Crippen LogP contribution in [-0.2, 0) is 9.84 Å². The Labute approximate surface area is 115 Å². The lowest BCUT2D eigenvalue weighted by Gasteiger charge is -2.19. The average molecular weight is 325 g/mol. The second-order valence-electron chi connectivity index (χ2n) is 4.56. The molecule has 0 saturated heterocycles. The molecule has 1 N–H and O–H groups in total. The third kappa shape index (κ3) is 7.98. The molecule has 0 unspecified atom stereocenters. The number of alkyl halides is 5. The van der Waals surface area contributed by atoms with Crippen molar-refractivity contribution in [3.63, 3.8) is 0 Å². The van der Waals surface area contributed by atoms with Gasteiger partial charge in [-0.2, -0.15) is 22.0 Å². The van der Waals surface area contributed by atoms with E-state index in [-0.39, 0.29) is 5.75 Å². The molecule has 0 rings (SSSR count). The van der Waals surface area contributed by atoms with Crippen molar-refractivity contribution in [2.75, 3.05) is 24.6 Å². The smallest absolute Gasteiger partial charge is 0.317 e. The van der Waals surface area contributed by atoms with Crippen LogP contribution in [0.4, 0.5) is 22.0 Å². The molecule has 122 valence electrons. The maximum Gasteiger partial charge on any atom is 0.453 e. The monoisotopic (exact) mass is 325 g/mol. The lowest BCUT2D eigenvalue weighted by Crippen LogP contribution is -2.36. The minimum Gasteiger partial charge on any atom is -0.317 e. The number of hydrogen-bond acceptors (Lipinski definition) is 3. The predicted molar refractivity (Wildman–Crippen MR) is 66.7 cm³/mol. The van der Waals surface area contributed by atoms with Crippen molar-refractivity contribution in [3.8, 4) is 0 Å². The number of hydrogen-bond donors (Lipinski definition) is 1. The van der Waals surface area contributed by atoms with Crippen LogP contribution >= 0.6 is 0 Å². The highest BCUT2D eigenvalue weighted by molar-refractivity contribution is 7.91. The van der Waals surface area contributed by atoms with E-state index in [1.54, 1.807) is 0 Å². The van der Waals surface area contributed by atoms with Crippen molar-refractivity contribution < 1.29 is 30.4 Å². The van der Waals surface area contributed by atoms with Gasteiger partial charge < -0.3 is 5.32 Å². The summed E-state index contributed by atoms with van der Waals surface area (Å²) in [6.07, 6.45) is -6.60. The Bertz CT molecular complexity index is 367. The van der Waals surface area contributed by atoms with E-state index in [0.717, 1.165) is 13.0 Å². The highest BCUT2D eigenvalue weighted by Crippen LogP contribution is 2.38.